The summed E-state index contributed by atoms with van der Waals surface area (Å²) < 4.78 is 6.14. The van der Waals surface area contributed by atoms with Crippen molar-refractivity contribution in [1.29, 1.82) is 0 Å². The second kappa shape index (κ2) is 10.1. The Balaban J connectivity index is 1.32. The van der Waals surface area contributed by atoms with Gasteiger partial charge in [0.05, 0.1) is 5.69 Å². The van der Waals surface area contributed by atoms with Crippen LogP contribution in [0.5, 0.6) is 0 Å². The van der Waals surface area contributed by atoms with Crippen LogP contribution in [0.4, 0.5) is 0 Å². The second-order valence-electron chi connectivity index (χ2n) is 7.49. The molecule has 5 heteroatoms. The fraction of sp³-hybridized carbons (Fsp3) is 0.280. The molecule has 2 aromatic carbocycles. The summed E-state index contributed by atoms with van der Waals surface area (Å²) in [7, 11) is 0. The summed E-state index contributed by atoms with van der Waals surface area (Å²) in [4.78, 5) is 21.4. The van der Waals surface area contributed by atoms with E-state index in [4.69, 9.17) is 4.74 Å². The van der Waals surface area contributed by atoms with Crippen LogP contribution in [0.1, 0.15) is 22.9 Å². The van der Waals surface area contributed by atoms with Gasteiger partial charge in [-0.25, -0.2) is 0 Å². The van der Waals surface area contributed by atoms with Gasteiger partial charge < -0.3 is 9.64 Å². The van der Waals surface area contributed by atoms with Crippen molar-refractivity contribution in [3.63, 3.8) is 0 Å². The maximum Gasteiger partial charge on any atom is 0.248 e. The third kappa shape index (κ3) is 5.32. The number of nitrogens with zero attached hydrogens (tertiary/aromatic N) is 3. The van der Waals surface area contributed by atoms with E-state index in [0.717, 1.165) is 49.5 Å². The standard InChI is InChI=1S/C25H27N3O2/c29-24(28-17-15-27(16-18-28)19-23-13-7-8-14-26-23)20-30-25(21-9-3-1-4-10-21)22-11-5-2-6-12-22/h1-14,25H,15-20H2. The predicted octanol–water partition coefficient (Wildman–Crippen LogP) is 3.53. The molecule has 5 nitrogen and oxygen atoms in total. The molecule has 0 unspecified atom stereocenters. The fourth-order valence-corrected chi connectivity index (χ4v) is 3.76. The molecule has 0 atom stereocenters. The molecule has 30 heavy (non-hydrogen) atoms. The number of amides is 1. The number of hydrogen-bond acceptors (Lipinski definition) is 4. The first-order valence-electron chi connectivity index (χ1n) is 10.4. The summed E-state index contributed by atoms with van der Waals surface area (Å²) in [6, 6.07) is 26.1. The Kier molecular flexibility index (Phi) is 6.85. The lowest BCUT2D eigenvalue weighted by Gasteiger charge is -2.34. The van der Waals surface area contributed by atoms with Gasteiger partial charge in [0, 0.05) is 38.9 Å². The average Bonchev–Trinajstić information content (AvgIpc) is 2.82. The number of hydrogen-bond donors (Lipinski definition) is 0. The zero-order valence-corrected chi connectivity index (χ0v) is 17.1. The monoisotopic (exact) mass is 401 g/mol. The Morgan fingerprint density at radius 3 is 2.00 bits per heavy atom. The zero-order valence-electron chi connectivity index (χ0n) is 17.1. The molecule has 154 valence electrons. The van der Waals surface area contributed by atoms with Crippen LogP contribution < -0.4 is 0 Å². The molecule has 1 amide bonds. The van der Waals surface area contributed by atoms with Crippen LogP contribution in [0.15, 0.2) is 85.1 Å². The molecule has 1 aliphatic rings. The molecule has 1 aliphatic heterocycles. The topological polar surface area (TPSA) is 45.7 Å². The summed E-state index contributed by atoms with van der Waals surface area (Å²) in [6.07, 6.45) is 1.57. The summed E-state index contributed by atoms with van der Waals surface area (Å²) in [5, 5.41) is 0. The number of rotatable bonds is 7. The van der Waals surface area contributed by atoms with Gasteiger partial charge in [0.1, 0.15) is 12.7 Å². The minimum Gasteiger partial charge on any atom is -0.359 e. The zero-order chi connectivity index (χ0) is 20.6. The van der Waals surface area contributed by atoms with E-state index in [9.17, 15) is 4.79 Å². The van der Waals surface area contributed by atoms with Gasteiger partial charge in [-0.1, -0.05) is 66.7 Å². The van der Waals surface area contributed by atoms with Crippen molar-refractivity contribution in [1.82, 2.24) is 14.8 Å². The molecule has 0 spiro atoms. The van der Waals surface area contributed by atoms with Crippen molar-refractivity contribution >= 4 is 5.91 Å². The van der Waals surface area contributed by atoms with E-state index in [-0.39, 0.29) is 18.6 Å². The van der Waals surface area contributed by atoms with E-state index >= 15 is 0 Å². The lowest BCUT2D eigenvalue weighted by atomic mass is 10.0. The maximum atomic E-state index is 12.8. The molecule has 0 N–H and O–H groups in total. The van der Waals surface area contributed by atoms with Crippen LogP contribution in [-0.4, -0.2) is 53.5 Å². The van der Waals surface area contributed by atoms with E-state index < -0.39 is 0 Å². The van der Waals surface area contributed by atoms with Crippen LogP contribution in [0.3, 0.4) is 0 Å². The first-order chi connectivity index (χ1) is 14.8. The van der Waals surface area contributed by atoms with Crippen LogP contribution in [0.25, 0.3) is 0 Å². The van der Waals surface area contributed by atoms with E-state index in [1.54, 1.807) is 0 Å². The SMILES string of the molecule is O=C(COC(c1ccccc1)c1ccccc1)N1CCN(Cc2ccccn2)CC1. The van der Waals surface area contributed by atoms with E-state index in [1.807, 2.05) is 90.0 Å². The third-order valence-electron chi connectivity index (χ3n) is 5.41. The molecular weight excluding hydrogens is 374 g/mol. The highest BCUT2D eigenvalue weighted by Gasteiger charge is 2.23. The molecule has 0 radical (unpaired) electrons. The molecular formula is C25H27N3O2. The van der Waals surface area contributed by atoms with Crippen molar-refractivity contribution in [2.75, 3.05) is 32.8 Å². The van der Waals surface area contributed by atoms with Crippen molar-refractivity contribution in [3.05, 3.63) is 102 Å². The summed E-state index contributed by atoms with van der Waals surface area (Å²) in [5.41, 5.74) is 3.17. The van der Waals surface area contributed by atoms with Gasteiger partial charge in [-0.05, 0) is 23.3 Å². The maximum absolute atomic E-state index is 12.8. The molecule has 3 aromatic rings. The third-order valence-corrected chi connectivity index (χ3v) is 5.41. The fourth-order valence-electron chi connectivity index (χ4n) is 3.76. The number of pyridine rings is 1. The molecule has 1 saturated heterocycles. The largest absolute Gasteiger partial charge is 0.359 e. The van der Waals surface area contributed by atoms with E-state index in [0.29, 0.717) is 0 Å². The van der Waals surface area contributed by atoms with Crippen LogP contribution >= 0.6 is 0 Å². The highest BCUT2D eigenvalue weighted by Crippen LogP contribution is 2.25. The molecule has 0 bridgehead atoms. The second-order valence-corrected chi connectivity index (χ2v) is 7.49. The summed E-state index contributed by atoms with van der Waals surface area (Å²) in [5.74, 6) is 0.0457. The smallest absolute Gasteiger partial charge is 0.248 e. The molecule has 1 aromatic heterocycles. The first kappa shape index (κ1) is 20.3. The van der Waals surface area contributed by atoms with Gasteiger partial charge in [-0.2, -0.15) is 0 Å². The lowest BCUT2D eigenvalue weighted by Crippen LogP contribution is -2.49. The number of aromatic nitrogens is 1. The van der Waals surface area contributed by atoms with E-state index in [1.165, 1.54) is 0 Å². The summed E-state index contributed by atoms with van der Waals surface area (Å²) >= 11 is 0. The Bertz CT molecular complexity index is 871. The summed E-state index contributed by atoms with van der Waals surface area (Å²) in [6.45, 7) is 4.04. The highest BCUT2D eigenvalue weighted by molar-refractivity contribution is 5.77. The minimum atomic E-state index is -0.248. The van der Waals surface area contributed by atoms with Gasteiger partial charge in [0.2, 0.25) is 5.91 Å². The predicted molar refractivity (Wildman–Crippen MR) is 117 cm³/mol. The van der Waals surface area contributed by atoms with Crippen molar-refractivity contribution in [3.8, 4) is 0 Å². The average molecular weight is 402 g/mol. The lowest BCUT2D eigenvalue weighted by molar-refractivity contribution is -0.139. The molecule has 0 saturated carbocycles. The highest BCUT2D eigenvalue weighted by atomic mass is 16.5. The molecule has 0 aliphatic carbocycles. The van der Waals surface area contributed by atoms with Gasteiger partial charge in [0.15, 0.2) is 0 Å². The Labute approximate surface area is 177 Å². The van der Waals surface area contributed by atoms with Crippen LogP contribution in [-0.2, 0) is 16.1 Å². The number of carbonyl (C=O) groups is 1. The van der Waals surface area contributed by atoms with Crippen LogP contribution in [0.2, 0.25) is 0 Å². The first-order valence-corrected chi connectivity index (χ1v) is 10.4. The van der Waals surface area contributed by atoms with Crippen LogP contribution in [0, 0.1) is 0 Å². The van der Waals surface area contributed by atoms with Gasteiger partial charge >= 0.3 is 0 Å². The van der Waals surface area contributed by atoms with Gasteiger partial charge in [0.25, 0.3) is 0 Å². The van der Waals surface area contributed by atoms with E-state index in [2.05, 4.69) is 9.88 Å². The number of ether oxygens (including phenoxy) is 1. The van der Waals surface area contributed by atoms with Crippen molar-refractivity contribution < 1.29 is 9.53 Å². The molecule has 2 heterocycles. The Hall–Kier alpha value is -3.02. The number of piperazine rings is 1. The number of carbonyl (C=O) groups excluding carboxylic acids is 1. The molecule has 4 rings (SSSR count). The Morgan fingerprint density at radius 1 is 0.833 bits per heavy atom. The quantitative estimate of drug-likeness (QED) is 0.608. The number of benzene rings is 2. The van der Waals surface area contributed by atoms with Gasteiger partial charge in [-0.15, -0.1) is 0 Å². The minimum absolute atomic E-state index is 0.0457. The van der Waals surface area contributed by atoms with Gasteiger partial charge in [-0.3, -0.25) is 14.7 Å². The Morgan fingerprint density at radius 2 is 1.43 bits per heavy atom. The van der Waals surface area contributed by atoms with Crippen molar-refractivity contribution in [2.24, 2.45) is 0 Å². The molecule has 1 fully saturated rings. The normalized spacial score (nSPS) is 14.8. The van der Waals surface area contributed by atoms with Crippen molar-refractivity contribution in [2.45, 2.75) is 12.6 Å².